The number of amides is 2. The van der Waals surface area contributed by atoms with Crippen molar-refractivity contribution in [2.24, 2.45) is 5.92 Å². The van der Waals surface area contributed by atoms with Crippen molar-refractivity contribution in [1.82, 2.24) is 14.9 Å². The lowest BCUT2D eigenvalue weighted by Gasteiger charge is -2.40. The summed E-state index contributed by atoms with van der Waals surface area (Å²) in [4.78, 5) is 27.3. The first-order valence-electron chi connectivity index (χ1n) is 16.7. The third-order valence-electron chi connectivity index (χ3n) is 9.26. The number of rotatable bonds is 12. The lowest BCUT2D eigenvalue weighted by molar-refractivity contribution is -0.119. The van der Waals surface area contributed by atoms with Gasteiger partial charge in [-0.25, -0.2) is 17.6 Å². The Labute approximate surface area is 292 Å². The van der Waals surface area contributed by atoms with Crippen LogP contribution in [0.15, 0.2) is 77.7 Å². The number of hydrogen-bond donors (Lipinski definition) is 3. The van der Waals surface area contributed by atoms with E-state index in [9.17, 15) is 18.0 Å². The summed E-state index contributed by atoms with van der Waals surface area (Å²) in [5.74, 6) is -1.54. The SMILES string of the molecule is CCOC(=O)NC(C(=O)Nc1cccc(F)c1CCC1CNCC(C)N1S(=O)(=O)c1ccccc1)C(c1ccc(Cl)cc1)C1CCOCC1. The Morgan fingerprint density at radius 1 is 1.04 bits per heavy atom. The average molecular weight is 715 g/mol. The predicted molar refractivity (Wildman–Crippen MR) is 187 cm³/mol. The van der Waals surface area contributed by atoms with Crippen LogP contribution in [0.25, 0.3) is 0 Å². The van der Waals surface area contributed by atoms with Crippen LogP contribution in [0.4, 0.5) is 14.9 Å². The number of carbonyl (C=O) groups excluding carboxylic acids is 2. The first-order valence-corrected chi connectivity index (χ1v) is 18.6. The second-order valence-corrected chi connectivity index (χ2v) is 14.8. The van der Waals surface area contributed by atoms with Crippen LogP contribution >= 0.6 is 11.6 Å². The van der Waals surface area contributed by atoms with Gasteiger partial charge in [-0.15, -0.1) is 0 Å². The van der Waals surface area contributed by atoms with Gasteiger partial charge in [-0.2, -0.15) is 4.31 Å². The molecule has 0 aliphatic carbocycles. The zero-order valence-corrected chi connectivity index (χ0v) is 29.3. The van der Waals surface area contributed by atoms with Crippen LogP contribution in [0.5, 0.6) is 0 Å². The number of nitrogens with one attached hydrogen (secondary N) is 3. The molecule has 2 aliphatic rings. The van der Waals surface area contributed by atoms with Crippen LogP contribution in [0, 0.1) is 11.7 Å². The predicted octanol–water partition coefficient (Wildman–Crippen LogP) is 5.73. The molecule has 3 aromatic rings. The van der Waals surface area contributed by atoms with Gasteiger partial charge in [-0.05, 0) is 87.4 Å². The maximum Gasteiger partial charge on any atom is 0.407 e. The zero-order chi connectivity index (χ0) is 35.0. The maximum atomic E-state index is 15.6. The fourth-order valence-electron chi connectivity index (χ4n) is 6.94. The van der Waals surface area contributed by atoms with Crippen molar-refractivity contribution in [1.29, 1.82) is 0 Å². The van der Waals surface area contributed by atoms with Crippen LogP contribution in [0.3, 0.4) is 0 Å². The highest BCUT2D eigenvalue weighted by Gasteiger charge is 2.40. The number of ether oxygens (including phenoxy) is 2. The average Bonchev–Trinajstić information content (AvgIpc) is 3.09. The van der Waals surface area contributed by atoms with Gasteiger partial charge in [0.25, 0.3) is 0 Å². The third kappa shape index (κ3) is 8.98. The summed E-state index contributed by atoms with van der Waals surface area (Å²) in [6.07, 6.45) is 1.05. The lowest BCUT2D eigenvalue weighted by Crippen LogP contribution is -2.58. The summed E-state index contributed by atoms with van der Waals surface area (Å²) in [6.45, 7) is 5.55. The van der Waals surface area contributed by atoms with Gasteiger partial charge in [0.05, 0.1) is 11.5 Å². The number of halogens is 2. The number of alkyl carbamates (subject to hydrolysis) is 1. The highest BCUT2D eigenvalue weighted by molar-refractivity contribution is 7.89. The van der Waals surface area contributed by atoms with E-state index in [-0.39, 0.29) is 41.1 Å². The minimum atomic E-state index is -3.82. The topological polar surface area (TPSA) is 126 Å². The highest BCUT2D eigenvalue weighted by atomic mass is 35.5. The maximum absolute atomic E-state index is 15.6. The van der Waals surface area contributed by atoms with E-state index in [1.807, 2.05) is 19.1 Å². The van der Waals surface area contributed by atoms with E-state index < -0.39 is 45.8 Å². The monoisotopic (exact) mass is 714 g/mol. The van der Waals surface area contributed by atoms with Gasteiger partial charge in [0.1, 0.15) is 11.9 Å². The van der Waals surface area contributed by atoms with Crippen molar-refractivity contribution in [3.63, 3.8) is 0 Å². The number of carbonyl (C=O) groups is 2. The first-order chi connectivity index (χ1) is 23.6. The Kier molecular flexibility index (Phi) is 12.7. The molecule has 3 N–H and O–H groups in total. The highest BCUT2D eigenvalue weighted by Crippen LogP contribution is 2.37. The number of piperazine rings is 1. The number of nitrogens with zero attached hydrogens (tertiary/aromatic N) is 1. The molecule has 264 valence electrons. The number of benzene rings is 3. The number of anilines is 1. The Balaban J connectivity index is 1.42. The molecule has 49 heavy (non-hydrogen) atoms. The molecule has 4 unspecified atom stereocenters. The molecule has 0 spiro atoms. The van der Waals surface area contributed by atoms with Crippen molar-refractivity contribution in [3.8, 4) is 0 Å². The van der Waals surface area contributed by atoms with Crippen molar-refractivity contribution in [3.05, 3.63) is 94.8 Å². The van der Waals surface area contributed by atoms with Gasteiger partial charge in [-0.3, -0.25) is 4.79 Å². The summed E-state index contributed by atoms with van der Waals surface area (Å²) in [7, 11) is -3.82. The van der Waals surface area contributed by atoms with E-state index in [2.05, 4.69) is 16.0 Å². The van der Waals surface area contributed by atoms with Crippen LogP contribution in [0.1, 0.15) is 50.2 Å². The van der Waals surface area contributed by atoms with E-state index in [0.717, 1.165) is 5.56 Å². The van der Waals surface area contributed by atoms with Gasteiger partial charge in [0.15, 0.2) is 0 Å². The molecule has 2 saturated heterocycles. The second kappa shape index (κ2) is 16.9. The molecule has 5 rings (SSSR count). The molecule has 0 bridgehead atoms. The van der Waals surface area contributed by atoms with Gasteiger partial charge in [0.2, 0.25) is 15.9 Å². The number of hydrogen-bond acceptors (Lipinski definition) is 7. The Morgan fingerprint density at radius 3 is 2.45 bits per heavy atom. The molecule has 0 saturated carbocycles. The molecule has 2 amide bonds. The summed E-state index contributed by atoms with van der Waals surface area (Å²) in [5, 5.41) is 9.54. The van der Waals surface area contributed by atoms with Crippen LogP contribution < -0.4 is 16.0 Å². The van der Waals surface area contributed by atoms with Crippen molar-refractivity contribution in [2.45, 2.75) is 68.5 Å². The van der Waals surface area contributed by atoms with Crippen molar-refractivity contribution >= 4 is 39.3 Å². The van der Waals surface area contributed by atoms with Gasteiger partial charge < -0.3 is 25.4 Å². The summed E-state index contributed by atoms with van der Waals surface area (Å²) >= 11 is 6.20. The normalized spacial score (nSPS) is 20.2. The molecule has 3 aromatic carbocycles. The smallest absolute Gasteiger partial charge is 0.407 e. The quantitative estimate of drug-likeness (QED) is 0.219. The first kappa shape index (κ1) is 36.7. The molecule has 0 aromatic heterocycles. The number of sulfonamides is 1. The van der Waals surface area contributed by atoms with E-state index in [4.69, 9.17) is 21.1 Å². The summed E-state index contributed by atoms with van der Waals surface area (Å²) in [5.41, 5.74) is 1.30. The lowest BCUT2D eigenvalue weighted by atomic mass is 9.76. The largest absolute Gasteiger partial charge is 0.450 e. The van der Waals surface area contributed by atoms with E-state index in [1.165, 1.54) is 16.4 Å². The van der Waals surface area contributed by atoms with Crippen LogP contribution in [0.2, 0.25) is 5.02 Å². The van der Waals surface area contributed by atoms with Crippen LogP contribution in [-0.4, -0.2) is 75.8 Å². The Bertz CT molecular complexity index is 1670. The van der Waals surface area contributed by atoms with Crippen LogP contribution in [-0.2, 0) is 30.7 Å². The van der Waals surface area contributed by atoms with Gasteiger partial charge in [-0.1, -0.05) is 48.0 Å². The third-order valence-corrected chi connectivity index (χ3v) is 11.6. The fourth-order valence-corrected chi connectivity index (χ4v) is 8.93. The molecule has 4 atom stereocenters. The summed E-state index contributed by atoms with van der Waals surface area (Å²) in [6, 6.07) is 18.0. The minimum absolute atomic E-state index is 0.0158. The Morgan fingerprint density at radius 2 is 1.76 bits per heavy atom. The molecule has 2 aliphatic heterocycles. The molecule has 2 heterocycles. The van der Waals surface area contributed by atoms with Crippen molar-refractivity contribution in [2.75, 3.05) is 38.2 Å². The molecular weight excluding hydrogens is 671 g/mol. The minimum Gasteiger partial charge on any atom is -0.450 e. The van der Waals surface area contributed by atoms with E-state index in [1.54, 1.807) is 55.5 Å². The molecule has 10 nitrogen and oxygen atoms in total. The zero-order valence-electron chi connectivity index (χ0n) is 27.7. The standard InChI is InChI=1S/C36H44ClFN4O6S/c1-3-48-36(44)41-34(33(26-18-20-47-21-19-26)25-12-14-27(37)15-13-25)35(43)40-32-11-7-10-31(38)30(32)17-16-28-23-39-22-24(2)42(28)49(45,46)29-8-5-4-6-9-29/h4-15,24,26,28,33-34,39H,3,16-23H2,1-2H3,(H,40,43)(H,41,44). The molecule has 13 heteroatoms. The molecule has 0 radical (unpaired) electrons. The molecule has 2 fully saturated rings. The molecular formula is C36H44ClFN4O6S. The fraction of sp³-hybridized carbons (Fsp3) is 0.444. The Hall–Kier alpha value is -3.55. The second-order valence-electron chi connectivity index (χ2n) is 12.5. The van der Waals surface area contributed by atoms with Gasteiger partial charge >= 0.3 is 6.09 Å². The van der Waals surface area contributed by atoms with Crippen molar-refractivity contribution < 1.29 is 31.9 Å². The van der Waals surface area contributed by atoms with Gasteiger partial charge in [0, 0.05) is 60.6 Å². The van der Waals surface area contributed by atoms with E-state index in [0.29, 0.717) is 50.6 Å². The summed E-state index contributed by atoms with van der Waals surface area (Å²) < 4.78 is 55.4. The van der Waals surface area contributed by atoms with E-state index >= 15 is 4.39 Å².